The van der Waals surface area contributed by atoms with Gasteiger partial charge in [0.05, 0.1) is 0 Å². The summed E-state index contributed by atoms with van der Waals surface area (Å²) in [7, 11) is 0. The number of furan rings is 1. The van der Waals surface area contributed by atoms with E-state index < -0.39 is 0 Å². The van der Waals surface area contributed by atoms with E-state index in [1.54, 1.807) is 0 Å². The van der Waals surface area contributed by atoms with E-state index in [1.807, 2.05) is 12.1 Å². The molecule has 7 rings (SSSR count). The van der Waals surface area contributed by atoms with E-state index in [9.17, 15) is 0 Å². The van der Waals surface area contributed by atoms with Crippen molar-refractivity contribution in [2.24, 2.45) is 0 Å². The van der Waals surface area contributed by atoms with Gasteiger partial charge < -0.3 is 4.42 Å². The second-order valence-electron chi connectivity index (χ2n) is 8.67. The number of fused-ring (bicyclic) bond motifs is 5. The fourth-order valence-corrected chi connectivity index (χ4v) is 5.80. The van der Waals surface area contributed by atoms with Crippen molar-refractivity contribution in [3.05, 3.63) is 120 Å². The lowest BCUT2D eigenvalue weighted by Gasteiger charge is -2.15. The second kappa shape index (κ2) is 7.58. The molecule has 0 aliphatic heterocycles. The molecule has 1 aromatic heterocycles. The lowest BCUT2D eigenvalue weighted by Crippen LogP contribution is -1.89. The molecule has 2 heteroatoms. The van der Waals surface area contributed by atoms with Crippen molar-refractivity contribution in [3.63, 3.8) is 0 Å². The fraction of sp³-hybridized carbons (Fsp3) is 0. The van der Waals surface area contributed by atoms with Crippen LogP contribution in [0, 0.1) is 0 Å². The van der Waals surface area contributed by atoms with Gasteiger partial charge in [-0.25, -0.2) is 0 Å². The van der Waals surface area contributed by atoms with Gasteiger partial charge in [-0.2, -0.15) is 0 Å². The molecule has 0 unspecified atom stereocenters. The number of rotatable bonds is 2. The second-order valence-corrected chi connectivity index (χ2v) is 9.46. The van der Waals surface area contributed by atoms with Crippen LogP contribution in [0.2, 0.25) is 0 Å². The molecule has 0 atom stereocenters. The third-order valence-corrected chi connectivity index (χ3v) is 7.59. The number of hydrogen-bond donors (Lipinski definition) is 0. The Morgan fingerprint density at radius 3 is 1.88 bits per heavy atom. The first-order valence-electron chi connectivity index (χ1n) is 11.4. The maximum Gasteiger partial charge on any atom is 0.136 e. The van der Waals surface area contributed by atoms with E-state index in [0.717, 1.165) is 32.0 Å². The minimum Gasteiger partial charge on any atom is -0.456 e. The van der Waals surface area contributed by atoms with E-state index in [2.05, 4.69) is 119 Å². The van der Waals surface area contributed by atoms with Gasteiger partial charge in [-0.15, -0.1) is 0 Å². The Kier molecular flexibility index (Phi) is 4.36. The van der Waals surface area contributed by atoms with Crippen molar-refractivity contribution in [2.45, 2.75) is 0 Å². The first-order valence-corrected chi connectivity index (χ1v) is 12.2. The summed E-state index contributed by atoms with van der Waals surface area (Å²) < 4.78 is 7.36. The topological polar surface area (TPSA) is 13.1 Å². The maximum absolute atomic E-state index is 6.23. The van der Waals surface area contributed by atoms with E-state index >= 15 is 0 Å². The normalized spacial score (nSPS) is 11.7. The summed E-state index contributed by atoms with van der Waals surface area (Å²) in [5, 5.41) is 7.17. The molecule has 0 spiro atoms. The molecular formula is C32H19BrO. The van der Waals surface area contributed by atoms with Gasteiger partial charge in [0, 0.05) is 15.2 Å². The van der Waals surface area contributed by atoms with Crippen LogP contribution in [0.15, 0.2) is 124 Å². The maximum atomic E-state index is 6.23. The van der Waals surface area contributed by atoms with Crippen LogP contribution in [-0.2, 0) is 0 Å². The van der Waals surface area contributed by atoms with Gasteiger partial charge >= 0.3 is 0 Å². The van der Waals surface area contributed by atoms with Gasteiger partial charge in [-0.3, -0.25) is 0 Å². The molecule has 0 aliphatic rings. The van der Waals surface area contributed by atoms with Gasteiger partial charge in [-0.05, 0) is 84.0 Å². The van der Waals surface area contributed by atoms with Gasteiger partial charge in [0.15, 0.2) is 0 Å². The minimum absolute atomic E-state index is 0.916. The Labute approximate surface area is 205 Å². The van der Waals surface area contributed by atoms with Crippen molar-refractivity contribution in [1.29, 1.82) is 0 Å². The Morgan fingerprint density at radius 2 is 1.03 bits per heavy atom. The molecule has 0 aliphatic carbocycles. The Hall–Kier alpha value is -3.88. The predicted octanol–water partition coefficient (Wildman–Crippen LogP) is 9.99. The van der Waals surface area contributed by atoms with Gasteiger partial charge in [0.25, 0.3) is 0 Å². The first-order chi connectivity index (χ1) is 16.8. The summed E-state index contributed by atoms with van der Waals surface area (Å²) in [4.78, 5) is 0. The van der Waals surface area contributed by atoms with Crippen LogP contribution < -0.4 is 0 Å². The van der Waals surface area contributed by atoms with Crippen LogP contribution >= 0.6 is 15.9 Å². The van der Waals surface area contributed by atoms with Crippen molar-refractivity contribution in [1.82, 2.24) is 0 Å². The summed E-state index contributed by atoms with van der Waals surface area (Å²) in [6.45, 7) is 0. The van der Waals surface area contributed by atoms with E-state index in [4.69, 9.17) is 4.42 Å². The summed E-state index contributed by atoms with van der Waals surface area (Å²) in [6, 6.07) is 40.8. The smallest absolute Gasteiger partial charge is 0.136 e. The van der Waals surface area contributed by atoms with Crippen molar-refractivity contribution in [3.8, 4) is 22.3 Å². The highest BCUT2D eigenvalue weighted by Gasteiger charge is 2.16. The number of halogens is 1. The zero-order valence-corrected chi connectivity index (χ0v) is 19.8. The molecule has 0 saturated carbocycles. The first kappa shape index (κ1) is 19.6. The zero-order valence-electron chi connectivity index (χ0n) is 18.3. The van der Waals surface area contributed by atoms with E-state index in [0.29, 0.717) is 0 Å². The Balaban J connectivity index is 1.56. The molecule has 6 aromatic carbocycles. The van der Waals surface area contributed by atoms with Crippen molar-refractivity contribution < 1.29 is 4.42 Å². The summed E-state index contributed by atoms with van der Waals surface area (Å²) in [5.74, 6) is 0. The molecule has 1 heterocycles. The third kappa shape index (κ3) is 2.92. The SMILES string of the molecule is Brc1c2ccccc2c(-c2ccc3c(c2)oc2ccccc23)c2ccc(-c3ccccc3)cc12. The number of para-hydroxylation sites is 1. The molecule has 160 valence electrons. The molecule has 0 amide bonds. The average molecular weight is 499 g/mol. The van der Waals surface area contributed by atoms with Crippen LogP contribution in [-0.4, -0.2) is 0 Å². The van der Waals surface area contributed by atoms with Gasteiger partial charge in [0.2, 0.25) is 0 Å². The lowest BCUT2D eigenvalue weighted by molar-refractivity contribution is 0.669. The van der Waals surface area contributed by atoms with Crippen molar-refractivity contribution >= 4 is 59.4 Å². The fourth-order valence-electron chi connectivity index (χ4n) is 5.13. The molecule has 0 fully saturated rings. The monoisotopic (exact) mass is 498 g/mol. The molecule has 1 nitrogen and oxygen atoms in total. The van der Waals surface area contributed by atoms with E-state index in [1.165, 1.54) is 38.2 Å². The van der Waals surface area contributed by atoms with Crippen LogP contribution in [0.4, 0.5) is 0 Å². The Bertz CT molecular complexity index is 1860. The van der Waals surface area contributed by atoms with Gasteiger partial charge in [-0.1, -0.05) is 91.0 Å². The molecule has 0 N–H and O–H groups in total. The van der Waals surface area contributed by atoms with Crippen LogP contribution in [0.3, 0.4) is 0 Å². The summed E-state index contributed by atoms with van der Waals surface area (Å²) in [5.41, 5.74) is 6.66. The number of hydrogen-bond acceptors (Lipinski definition) is 1. The molecule has 0 bridgehead atoms. The largest absolute Gasteiger partial charge is 0.456 e. The van der Waals surface area contributed by atoms with E-state index in [-0.39, 0.29) is 0 Å². The van der Waals surface area contributed by atoms with Crippen molar-refractivity contribution in [2.75, 3.05) is 0 Å². The van der Waals surface area contributed by atoms with Crippen LogP contribution in [0.1, 0.15) is 0 Å². The van der Waals surface area contributed by atoms with Gasteiger partial charge in [0.1, 0.15) is 11.2 Å². The molecule has 0 radical (unpaired) electrons. The van der Waals surface area contributed by atoms with Crippen LogP contribution in [0.25, 0.3) is 65.7 Å². The highest BCUT2D eigenvalue weighted by Crippen LogP contribution is 2.44. The highest BCUT2D eigenvalue weighted by molar-refractivity contribution is 9.10. The summed E-state index contributed by atoms with van der Waals surface area (Å²) in [6.07, 6.45) is 0. The summed E-state index contributed by atoms with van der Waals surface area (Å²) >= 11 is 3.94. The quantitative estimate of drug-likeness (QED) is 0.216. The predicted molar refractivity (Wildman–Crippen MR) is 147 cm³/mol. The zero-order chi connectivity index (χ0) is 22.6. The molecular weight excluding hydrogens is 480 g/mol. The number of benzene rings is 6. The molecule has 0 saturated heterocycles. The van der Waals surface area contributed by atoms with Crippen LogP contribution in [0.5, 0.6) is 0 Å². The highest BCUT2D eigenvalue weighted by atomic mass is 79.9. The Morgan fingerprint density at radius 1 is 0.412 bits per heavy atom. The minimum atomic E-state index is 0.916. The molecule has 34 heavy (non-hydrogen) atoms. The third-order valence-electron chi connectivity index (χ3n) is 6.73. The standard InChI is InChI=1S/C32H19BrO/c33-32-27-12-5-4-11-25(27)31(26-17-14-21(18-28(26)32)20-8-2-1-3-9-20)22-15-16-24-23-10-6-7-13-29(23)34-30(24)19-22/h1-19H. The average Bonchev–Trinajstić information content (AvgIpc) is 3.27. The lowest BCUT2D eigenvalue weighted by atomic mass is 9.90. The molecule has 7 aromatic rings.